The lowest BCUT2D eigenvalue weighted by Crippen LogP contribution is -2.36. The Morgan fingerprint density at radius 1 is 0.737 bits per heavy atom. The van der Waals surface area contributed by atoms with Crippen LogP contribution in [0.25, 0.3) is 0 Å². The number of hydrogen-bond acceptors (Lipinski definition) is 1. The van der Waals surface area contributed by atoms with Crippen LogP contribution in [0.3, 0.4) is 0 Å². The van der Waals surface area contributed by atoms with E-state index in [0.717, 1.165) is 18.4 Å². The first-order valence-electron chi connectivity index (χ1n) is 8.86. The van der Waals surface area contributed by atoms with Gasteiger partial charge in [0.05, 0.1) is 0 Å². The fourth-order valence-electron chi connectivity index (χ4n) is 3.15. The lowest BCUT2D eigenvalue weighted by Gasteiger charge is -2.28. The van der Waals surface area contributed by atoms with Gasteiger partial charge in [-0.15, -0.1) is 0 Å². The van der Waals surface area contributed by atoms with Crippen LogP contribution in [0.15, 0.2) is 0 Å². The normalized spacial score (nSPS) is 14.8. The second-order valence-corrected chi connectivity index (χ2v) is 6.52. The van der Waals surface area contributed by atoms with Gasteiger partial charge in [-0.3, -0.25) is 0 Å². The molecule has 0 aliphatic rings. The van der Waals surface area contributed by atoms with Gasteiger partial charge < -0.3 is 5.32 Å². The summed E-state index contributed by atoms with van der Waals surface area (Å²) in [6, 6.07) is 0.676. The fraction of sp³-hybridized carbons (Fsp3) is 1.00. The minimum Gasteiger partial charge on any atom is -0.314 e. The number of rotatable bonds is 13. The highest BCUT2D eigenvalue weighted by Crippen LogP contribution is 2.23. The molecule has 0 fully saturated rings. The molecule has 0 aliphatic heterocycles. The lowest BCUT2D eigenvalue weighted by molar-refractivity contribution is 0.268. The summed E-state index contributed by atoms with van der Waals surface area (Å²) in [6.07, 6.45) is 12.9. The molecule has 2 unspecified atom stereocenters. The molecule has 0 aromatic rings. The molecule has 0 bridgehead atoms. The Hall–Kier alpha value is -0.0400. The Morgan fingerprint density at radius 3 is 1.74 bits per heavy atom. The van der Waals surface area contributed by atoms with Crippen LogP contribution < -0.4 is 5.32 Å². The van der Waals surface area contributed by atoms with Crippen LogP contribution in [0.5, 0.6) is 0 Å². The van der Waals surface area contributed by atoms with Gasteiger partial charge in [-0.25, -0.2) is 0 Å². The highest BCUT2D eigenvalue weighted by molar-refractivity contribution is 4.74. The molecule has 1 N–H and O–H groups in total. The summed E-state index contributed by atoms with van der Waals surface area (Å²) < 4.78 is 0. The van der Waals surface area contributed by atoms with E-state index in [1.807, 2.05) is 0 Å². The van der Waals surface area contributed by atoms with Crippen LogP contribution in [0.1, 0.15) is 92.4 Å². The number of unbranched alkanes of at least 4 members (excludes halogenated alkanes) is 7. The zero-order chi connectivity index (χ0) is 14.5. The van der Waals surface area contributed by atoms with Gasteiger partial charge in [0.2, 0.25) is 0 Å². The van der Waals surface area contributed by atoms with Crippen molar-refractivity contribution in [3.63, 3.8) is 0 Å². The maximum absolute atomic E-state index is 3.60. The molecule has 0 radical (unpaired) electrons. The molecule has 0 heterocycles. The van der Waals surface area contributed by atoms with Gasteiger partial charge in [0.25, 0.3) is 0 Å². The quantitative estimate of drug-likeness (QED) is 0.417. The van der Waals surface area contributed by atoms with E-state index in [2.05, 4.69) is 39.9 Å². The van der Waals surface area contributed by atoms with E-state index in [0.29, 0.717) is 6.04 Å². The van der Waals surface area contributed by atoms with Crippen molar-refractivity contribution in [1.82, 2.24) is 5.32 Å². The van der Waals surface area contributed by atoms with Crippen molar-refractivity contribution in [3.8, 4) is 0 Å². The van der Waals surface area contributed by atoms with Crippen LogP contribution in [0.2, 0.25) is 0 Å². The van der Waals surface area contributed by atoms with E-state index in [-0.39, 0.29) is 0 Å². The van der Waals surface area contributed by atoms with Crippen LogP contribution in [-0.4, -0.2) is 12.6 Å². The third kappa shape index (κ3) is 10.4. The van der Waals surface area contributed by atoms with Gasteiger partial charge in [-0.05, 0) is 31.7 Å². The van der Waals surface area contributed by atoms with Gasteiger partial charge in [-0.1, -0.05) is 79.1 Å². The molecule has 0 saturated heterocycles. The molecule has 0 saturated carbocycles. The molecule has 116 valence electrons. The van der Waals surface area contributed by atoms with E-state index in [9.17, 15) is 0 Å². The van der Waals surface area contributed by atoms with Crippen LogP contribution in [0, 0.1) is 11.8 Å². The topological polar surface area (TPSA) is 12.0 Å². The van der Waals surface area contributed by atoms with Crippen LogP contribution in [-0.2, 0) is 0 Å². The zero-order valence-electron chi connectivity index (χ0n) is 14.3. The summed E-state index contributed by atoms with van der Waals surface area (Å²) in [5, 5.41) is 3.60. The molecule has 19 heavy (non-hydrogen) atoms. The maximum Gasteiger partial charge on any atom is 0.00693 e. The van der Waals surface area contributed by atoms with Gasteiger partial charge in [0.1, 0.15) is 0 Å². The average Bonchev–Trinajstić information content (AvgIpc) is 2.36. The van der Waals surface area contributed by atoms with Crippen molar-refractivity contribution in [2.45, 2.75) is 98.4 Å². The van der Waals surface area contributed by atoms with E-state index in [1.54, 1.807) is 0 Å². The molecule has 1 nitrogen and oxygen atoms in total. The largest absolute Gasteiger partial charge is 0.314 e. The van der Waals surface area contributed by atoms with Crippen molar-refractivity contribution in [3.05, 3.63) is 0 Å². The fourth-order valence-corrected chi connectivity index (χ4v) is 3.15. The summed E-state index contributed by atoms with van der Waals surface area (Å²) in [5.41, 5.74) is 0. The van der Waals surface area contributed by atoms with Gasteiger partial charge >= 0.3 is 0 Å². The third-order valence-corrected chi connectivity index (χ3v) is 4.42. The summed E-state index contributed by atoms with van der Waals surface area (Å²) in [7, 11) is 0. The summed E-state index contributed by atoms with van der Waals surface area (Å²) in [6.45, 7) is 12.7. The van der Waals surface area contributed by atoms with Crippen LogP contribution in [0.4, 0.5) is 0 Å². The Morgan fingerprint density at radius 2 is 1.26 bits per heavy atom. The molecule has 0 aromatic heterocycles. The highest BCUT2D eigenvalue weighted by Gasteiger charge is 2.19. The minimum atomic E-state index is 0.676. The average molecular weight is 270 g/mol. The van der Waals surface area contributed by atoms with Crippen LogP contribution >= 0.6 is 0 Å². The van der Waals surface area contributed by atoms with Gasteiger partial charge in [-0.2, -0.15) is 0 Å². The number of hydrogen-bond donors (Lipinski definition) is 1. The van der Waals surface area contributed by atoms with E-state index in [1.165, 1.54) is 57.8 Å². The second-order valence-electron chi connectivity index (χ2n) is 6.52. The molecule has 1 heteroatoms. The Bertz CT molecular complexity index is 177. The predicted octanol–water partition coefficient (Wildman–Crippen LogP) is 5.79. The summed E-state index contributed by atoms with van der Waals surface area (Å²) in [5.74, 6) is 1.65. The van der Waals surface area contributed by atoms with Gasteiger partial charge in [0, 0.05) is 6.04 Å². The standard InChI is InChI=1S/C18H39N/c1-6-8-9-10-11-12-13-14-15-18(16(3)4)17(5)19-7-2/h16-19H,6-15H2,1-5H3. The maximum atomic E-state index is 3.60. The van der Waals surface area contributed by atoms with E-state index in [4.69, 9.17) is 0 Å². The molecule has 0 aliphatic carbocycles. The second kappa shape index (κ2) is 13.0. The number of nitrogens with one attached hydrogen (secondary N) is 1. The molecular formula is C18H39N. The third-order valence-electron chi connectivity index (χ3n) is 4.42. The minimum absolute atomic E-state index is 0.676. The molecular weight excluding hydrogens is 230 g/mol. The first kappa shape index (κ1) is 19.0. The predicted molar refractivity (Wildman–Crippen MR) is 88.7 cm³/mol. The SMILES string of the molecule is CCCCCCCCCCC(C(C)C)C(C)NCC. The van der Waals surface area contributed by atoms with Crippen molar-refractivity contribution < 1.29 is 0 Å². The van der Waals surface area contributed by atoms with Crippen molar-refractivity contribution in [1.29, 1.82) is 0 Å². The first-order valence-corrected chi connectivity index (χ1v) is 8.86. The first-order chi connectivity index (χ1) is 9.13. The molecule has 0 rings (SSSR count). The van der Waals surface area contributed by atoms with Crippen molar-refractivity contribution >= 4 is 0 Å². The van der Waals surface area contributed by atoms with Crippen molar-refractivity contribution in [2.75, 3.05) is 6.54 Å². The zero-order valence-corrected chi connectivity index (χ0v) is 14.3. The smallest absolute Gasteiger partial charge is 0.00693 e. The van der Waals surface area contributed by atoms with E-state index >= 15 is 0 Å². The Balaban J connectivity index is 3.59. The summed E-state index contributed by atoms with van der Waals surface area (Å²) >= 11 is 0. The van der Waals surface area contributed by atoms with Crippen molar-refractivity contribution in [2.24, 2.45) is 11.8 Å². The molecule has 0 amide bonds. The Labute approximate surface area is 122 Å². The van der Waals surface area contributed by atoms with E-state index < -0.39 is 0 Å². The highest BCUT2D eigenvalue weighted by atomic mass is 14.9. The lowest BCUT2D eigenvalue weighted by atomic mass is 9.84. The van der Waals surface area contributed by atoms with Gasteiger partial charge in [0.15, 0.2) is 0 Å². The molecule has 2 atom stereocenters. The monoisotopic (exact) mass is 269 g/mol. The Kier molecular flexibility index (Phi) is 12.9. The molecule has 0 spiro atoms. The summed E-state index contributed by atoms with van der Waals surface area (Å²) in [4.78, 5) is 0. The molecule has 0 aromatic carbocycles.